The number of allylic oxidation sites excluding steroid dienone is 4. The molecule has 380 valence electrons. The molecule has 5 aromatic rings. The second-order valence-corrected chi connectivity index (χ2v) is 20.9. The maximum absolute atomic E-state index is 6.14. The molecule has 2 saturated heterocycles. The molecule has 0 N–H and O–H groups in total. The Hall–Kier alpha value is -4.98. The quantitative estimate of drug-likeness (QED) is 0.0574. The first-order valence-corrected chi connectivity index (χ1v) is 27.4. The van der Waals surface area contributed by atoms with Crippen molar-refractivity contribution in [1.29, 1.82) is 0 Å². The monoisotopic (exact) mass is 959 g/mol. The molecule has 0 amide bonds. The SMILES string of the molecule is CC.CC.Cc1ccc2c(c1)C(CCCCCCOCC1(C)COC1)(CCCCCCOCC1(C)COC1)c1cc(N(c3ccccc3)c3ccc(-c4ccc(N(C)C5=CC=CCC5)cc4)cc3)ccc1-2. The van der Waals surface area contributed by atoms with Gasteiger partial charge < -0.3 is 28.7 Å². The lowest BCUT2D eigenvalue weighted by molar-refractivity contribution is -0.137. The van der Waals surface area contributed by atoms with Gasteiger partial charge in [-0.15, -0.1) is 0 Å². The maximum Gasteiger partial charge on any atom is 0.0564 e. The number of benzene rings is 5. The Balaban J connectivity index is 0.00000181. The van der Waals surface area contributed by atoms with Crippen LogP contribution in [0.1, 0.15) is 135 Å². The van der Waals surface area contributed by atoms with E-state index in [1.165, 1.54) is 94.5 Å². The zero-order valence-corrected chi connectivity index (χ0v) is 44.9. The Morgan fingerprint density at radius 2 is 1.03 bits per heavy atom. The molecule has 6 nitrogen and oxygen atoms in total. The van der Waals surface area contributed by atoms with Crippen molar-refractivity contribution in [2.75, 3.05) is 69.7 Å². The molecule has 0 spiro atoms. The van der Waals surface area contributed by atoms with E-state index >= 15 is 0 Å². The summed E-state index contributed by atoms with van der Waals surface area (Å²) in [6.07, 6.45) is 20.5. The lowest BCUT2D eigenvalue weighted by Gasteiger charge is -2.37. The van der Waals surface area contributed by atoms with Crippen molar-refractivity contribution in [2.45, 2.75) is 131 Å². The van der Waals surface area contributed by atoms with Gasteiger partial charge in [0.15, 0.2) is 0 Å². The van der Waals surface area contributed by atoms with Gasteiger partial charge in [0.2, 0.25) is 0 Å². The van der Waals surface area contributed by atoms with E-state index in [0.29, 0.717) is 0 Å². The molecule has 9 rings (SSSR count). The highest BCUT2D eigenvalue weighted by Crippen LogP contribution is 2.56. The molecule has 5 aromatic carbocycles. The van der Waals surface area contributed by atoms with Crippen LogP contribution in [0.15, 0.2) is 139 Å². The van der Waals surface area contributed by atoms with Gasteiger partial charge in [-0.1, -0.05) is 165 Å². The summed E-state index contributed by atoms with van der Waals surface area (Å²) in [6.45, 7) is 21.4. The minimum absolute atomic E-state index is 0.0615. The van der Waals surface area contributed by atoms with Gasteiger partial charge in [0.1, 0.15) is 0 Å². The number of unbranched alkanes of at least 4 members (excludes halogenated alkanes) is 6. The van der Waals surface area contributed by atoms with Gasteiger partial charge in [0.25, 0.3) is 0 Å². The van der Waals surface area contributed by atoms with Crippen molar-refractivity contribution in [3.8, 4) is 22.3 Å². The second kappa shape index (κ2) is 26.1. The van der Waals surface area contributed by atoms with Crippen LogP contribution in [0.4, 0.5) is 22.7 Å². The number of rotatable bonds is 24. The molecule has 0 unspecified atom stereocenters. The number of hydrogen-bond acceptors (Lipinski definition) is 6. The van der Waals surface area contributed by atoms with Gasteiger partial charge in [-0.05, 0) is 133 Å². The highest BCUT2D eigenvalue weighted by atomic mass is 16.5. The lowest BCUT2D eigenvalue weighted by atomic mass is 9.70. The standard InChI is InChI=1S/C61H74N2O4.2C2H6/c1-47-23-33-55-56-34-32-54(63(52-21-13-10-14-22-52)53-30-26-49(27-31-53)48-24-28-51(29-25-48)62(4)50-19-11-9-12-20-50)40-58(56)61(57(55)39-47,35-15-5-7-17-37-64-41-59(2)43-66-44-59)36-16-6-8-18-38-65-42-60(3)45-67-46-60;2*1-2/h9-11,13-14,19,21-34,39-40H,5-8,12,15-18,20,35-38,41-46H2,1-4H3;2*1-2H3. The van der Waals surface area contributed by atoms with Crippen molar-refractivity contribution >= 4 is 22.7 Å². The molecule has 4 aliphatic rings. The number of anilines is 4. The summed E-state index contributed by atoms with van der Waals surface area (Å²) in [5.74, 6) is 0. The van der Waals surface area contributed by atoms with Crippen molar-refractivity contribution in [1.82, 2.24) is 0 Å². The molecule has 0 atom stereocenters. The average molecular weight is 959 g/mol. The Bertz CT molecular complexity index is 2410. The summed E-state index contributed by atoms with van der Waals surface area (Å²) in [4.78, 5) is 4.77. The third-order valence-corrected chi connectivity index (χ3v) is 14.9. The highest BCUT2D eigenvalue weighted by Gasteiger charge is 2.43. The molecule has 71 heavy (non-hydrogen) atoms. The third kappa shape index (κ3) is 13.4. The van der Waals surface area contributed by atoms with Crippen molar-refractivity contribution in [2.24, 2.45) is 10.8 Å². The Morgan fingerprint density at radius 1 is 0.535 bits per heavy atom. The number of hydrogen-bond donors (Lipinski definition) is 0. The molecule has 2 aliphatic carbocycles. The number of para-hydroxylation sites is 1. The molecule has 6 heteroatoms. The minimum atomic E-state index is -0.0615. The fourth-order valence-electron chi connectivity index (χ4n) is 10.8. The first-order valence-electron chi connectivity index (χ1n) is 27.4. The van der Waals surface area contributed by atoms with Gasteiger partial charge in [-0.25, -0.2) is 0 Å². The first-order chi connectivity index (χ1) is 34.7. The van der Waals surface area contributed by atoms with Crippen LogP contribution < -0.4 is 9.80 Å². The van der Waals surface area contributed by atoms with Crippen LogP contribution in [0.5, 0.6) is 0 Å². The van der Waals surface area contributed by atoms with E-state index in [4.69, 9.17) is 18.9 Å². The number of nitrogens with zero attached hydrogens (tertiary/aromatic N) is 2. The summed E-state index contributed by atoms with van der Waals surface area (Å²) >= 11 is 0. The second-order valence-electron chi connectivity index (χ2n) is 20.9. The fourth-order valence-corrected chi connectivity index (χ4v) is 10.8. The Morgan fingerprint density at radius 3 is 1.55 bits per heavy atom. The molecule has 2 heterocycles. The van der Waals surface area contributed by atoms with Crippen molar-refractivity contribution < 1.29 is 18.9 Å². The average Bonchev–Trinajstić information content (AvgIpc) is 3.66. The van der Waals surface area contributed by atoms with Crippen molar-refractivity contribution in [3.05, 3.63) is 156 Å². The lowest BCUT2D eigenvalue weighted by Crippen LogP contribution is -2.43. The minimum Gasteiger partial charge on any atom is -0.381 e. The predicted octanol–water partition coefficient (Wildman–Crippen LogP) is 17.1. The summed E-state index contributed by atoms with van der Waals surface area (Å²) < 4.78 is 23.2. The molecule has 2 fully saturated rings. The van der Waals surface area contributed by atoms with E-state index in [1.807, 2.05) is 27.7 Å². The van der Waals surface area contributed by atoms with Gasteiger partial charge in [-0.3, -0.25) is 0 Å². The van der Waals surface area contributed by atoms with Crippen LogP contribution in [0.2, 0.25) is 0 Å². The van der Waals surface area contributed by atoms with Gasteiger partial charge >= 0.3 is 0 Å². The summed E-state index contributed by atoms with van der Waals surface area (Å²) in [7, 11) is 2.17. The molecule has 2 aliphatic heterocycles. The van der Waals surface area contributed by atoms with E-state index in [2.05, 4.69) is 171 Å². The van der Waals surface area contributed by atoms with E-state index in [9.17, 15) is 0 Å². The largest absolute Gasteiger partial charge is 0.381 e. The van der Waals surface area contributed by atoms with Crippen LogP contribution in [-0.2, 0) is 24.4 Å². The number of aryl methyl sites for hydroxylation is 1. The molecular formula is C65H86N2O4. The number of ether oxygens (including phenoxy) is 4. The van der Waals surface area contributed by atoms with Gasteiger partial charge in [0, 0.05) is 65.0 Å². The predicted molar refractivity (Wildman–Crippen MR) is 301 cm³/mol. The van der Waals surface area contributed by atoms with Crippen LogP contribution >= 0.6 is 0 Å². The third-order valence-electron chi connectivity index (χ3n) is 14.9. The number of fused-ring (bicyclic) bond motifs is 3. The molecule has 0 saturated carbocycles. The fraction of sp³-hybridized carbons (Fsp3) is 0.477. The Labute approximate surface area is 429 Å². The van der Waals surface area contributed by atoms with Crippen molar-refractivity contribution in [3.63, 3.8) is 0 Å². The Kier molecular flexibility index (Phi) is 19.8. The van der Waals surface area contributed by atoms with Crippen LogP contribution in [-0.4, -0.2) is 59.9 Å². The molecule has 0 aromatic heterocycles. The van der Waals surface area contributed by atoms with Crippen LogP contribution in [0, 0.1) is 17.8 Å². The summed E-state index contributed by atoms with van der Waals surface area (Å²) in [6, 6.07) is 43.7. The molecule has 0 radical (unpaired) electrons. The van der Waals surface area contributed by atoms with Crippen LogP contribution in [0.25, 0.3) is 22.3 Å². The molecular weight excluding hydrogens is 873 g/mol. The van der Waals surface area contributed by atoms with E-state index in [0.717, 1.165) is 103 Å². The van der Waals surface area contributed by atoms with E-state index in [1.54, 1.807) is 0 Å². The van der Waals surface area contributed by atoms with Crippen LogP contribution in [0.3, 0.4) is 0 Å². The zero-order valence-electron chi connectivity index (χ0n) is 44.9. The maximum atomic E-state index is 6.14. The van der Waals surface area contributed by atoms with Gasteiger partial charge in [-0.2, -0.15) is 0 Å². The van der Waals surface area contributed by atoms with E-state index in [-0.39, 0.29) is 16.2 Å². The summed E-state index contributed by atoms with van der Waals surface area (Å²) in [5, 5.41) is 0. The zero-order chi connectivity index (χ0) is 50.1. The topological polar surface area (TPSA) is 43.4 Å². The summed E-state index contributed by atoms with van der Waals surface area (Å²) in [5.41, 5.74) is 16.0. The normalized spacial score (nSPS) is 16.4. The highest BCUT2D eigenvalue weighted by molar-refractivity contribution is 5.86. The van der Waals surface area contributed by atoms with E-state index < -0.39 is 0 Å². The smallest absolute Gasteiger partial charge is 0.0564 e. The van der Waals surface area contributed by atoms with Gasteiger partial charge in [0.05, 0.1) is 39.6 Å². The molecule has 0 bridgehead atoms. The first kappa shape index (κ1) is 53.8.